The number of aryl methyl sites for hydroxylation is 2. The van der Waals surface area contributed by atoms with Crippen LogP contribution in [0.15, 0.2) is 34.8 Å². The molecule has 0 aliphatic carbocycles. The van der Waals surface area contributed by atoms with Crippen molar-refractivity contribution in [2.45, 2.75) is 19.9 Å². The van der Waals surface area contributed by atoms with Gasteiger partial charge in [0, 0.05) is 19.9 Å². The maximum absolute atomic E-state index is 11.6. The van der Waals surface area contributed by atoms with Gasteiger partial charge < -0.3 is 11.1 Å². The summed E-state index contributed by atoms with van der Waals surface area (Å²) in [6, 6.07) is 9.32. The first-order valence-corrected chi connectivity index (χ1v) is 7.46. The molecule has 1 heterocycles. The van der Waals surface area contributed by atoms with Crippen molar-refractivity contribution in [3.05, 3.63) is 50.1 Å². The quantitative estimate of drug-likeness (QED) is 0.891. The van der Waals surface area contributed by atoms with Crippen molar-refractivity contribution < 1.29 is 4.79 Å². The molecule has 1 amide bonds. The highest BCUT2D eigenvalue weighted by molar-refractivity contribution is 9.10. The average molecular weight is 339 g/mol. The van der Waals surface area contributed by atoms with Gasteiger partial charge in [0.2, 0.25) is 5.91 Å². The highest BCUT2D eigenvalue weighted by Gasteiger charge is 2.20. The lowest BCUT2D eigenvalue weighted by Crippen LogP contribution is -2.26. The first kappa shape index (κ1) is 14.1. The predicted molar refractivity (Wildman–Crippen MR) is 83.5 cm³/mol. The number of primary amides is 1. The van der Waals surface area contributed by atoms with Crippen molar-refractivity contribution in [2.75, 3.05) is 5.32 Å². The number of carbonyl (C=O) groups excluding carboxylic acids is 1. The van der Waals surface area contributed by atoms with Crippen molar-refractivity contribution in [3.63, 3.8) is 0 Å². The van der Waals surface area contributed by atoms with Gasteiger partial charge in [0.15, 0.2) is 0 Å². The standard InChI is InChI=1S/C14H15BrN2OS/c1-8-3-5-10(6-4-8)17-13(14(16)18)12-7-11(15)9(2)19-12/h3-7,13,17H,1-2H3,(H2,16,18). The van der Waals surface area contributed by atoms with Crippen LogP contribution in [0, 0.1) is 13.8 Å². The van der Waals surface area contributed by atoms with E-state index < -0.39 is 6.04 Å². The summed E-state index contributed by atoms with van der Waals surface area (Å²) < 4.78 is 1.00. The third-order valence-electron chi connectivity index (χ3n) is 2.81. The lowest BCUT2D eigenvalue weighted by Gasteiger charge is -2.15. The van der Waals surface area contributed by atoms with Crippen LogP contribution in [-0.2, 0) is 4.79 Å². The third kappa shape index (κ3) is 3.36. The van der Waals surface area contributed by atoms with Crippen LogP contribution in [0.5, 0.6) is 0 Å². The zero-order valence-electron chi connectivity index (χ0n) is 10.7. The van der Waals surface area contributed by atoms with Crippen LogP contribution >= 0.6 is 27.3 Å². The Kier molecular flexibility index (Phi) is 4.27. The van der Waals surface area contributed by atoms with Crippen LogP contribution in [0.1, 0.15) is 21.4 Å². The van der Waals surface area contributed by atoms with Gasteiger partial charge >= 0.3 is 0 Å². The summed E-state index contributed by atoms with van der Waals surface area (Å²) >= 11 is 5.02. The van der Waals surface area contributed by atoms with Crippen LogP contribution in [-0.4, -0.2) is 5.91 Å². The van der Waals surface area contributed by atoms with Gasteiger partial charge in [-0.2, -0.15) is 0 Å². The summed E-state index contributed by atoms with van der Waals surface area (Å²) in [6.07, 6.45) is 0. The summed E-state index contributed by atoms with van der Waals surface area (Å²) in [4.78, 5) is 13.7. The number of benzene rings is 1. The highest BCUT2D eigenvalue weighted by atomic mass is 79.9. The second-order valence-corrected chi connectivity index (χ2v) is 6.54. The number of rotatable bonds is 4. The van der Waals surface area contributed by atoms with Crippen LogP contribution < -0.4 is 11.1 Å². The number of amides is 1. The van der Waals surface area contributed by atoms with E-state index in [4.69, 9.17) is 5.73 Å². The van der Waals surface area contributed by atoms with Crippen molar-refractivity contribution >= 4 is 38.9 Å². The Bertz CT molecular complexity index is 572. The lowest BCUT2D eigenvalue weighted by molar-refractivity contribution is -0.118. The SMILES string of the molecule is Cc1ccc(NC(C(N)=O)c2cc(Br)c(C)s2)cc1. The van der Waals surface area contributed by atoms with E-state index in [1.807, 2.05) is 44.2 Å². The topological polar surface area (TPSA) is 55.1 Å². The van der Waals surface area contributed by atoms with Crippen LogP contribution in [0.4, 0.5) is 5.69 Å². The number of nitrogens with two attached hydrogens (primary N) is 1. The van der Waals surface area contributed by atoms with Crippen LogP contribution in [0.2, 0.25) is 0 Å². The molecule has 1 atom stereocenters. The van der Waals surface area contributed by atoms with E-state index in [0.29, 0.717) is 0 Å². The molecule has 3 N–H and O–H groups in total. The number of anilines is 1. The monoisotopic (exact) mass is 338 g/mol. The second-order valence-electron chi connectivity index (χ2n) is 4.40. The predicted octanol–water partition coefficient (Wildman–Crippen LogP) is 3.77. The van der Waals surface area contributed by atoms with Crippen molar-refractivity contribution in [2.24, 2.45) is 5.73 Å². The molecule has 0 radical (unpaired) electrons. The smallest absolute Gasteiger partial charge is 0.245 e. The van der Waals surface area contributed by atoms with E-state index in [-0.39, 0.29) is 5.91 Å². The van der Waals surface area contributed by atoms with E-state index in [9.17, 15) is 4.79 Å². The van der Waals surface area contributed by atoms with E-state index in [0.717, 1.165) is 19.9 Å². The average Bonchev–Trinajstić information content (AvgIpc) is 2.68. The Morgan fingerprint density at radius 1 is 1.32 bits per heavy atom. The number of thiophene rings is 1. The first-order valence-electron chi connectivity index (χ1n) is 5.85. The molecule has 0 saturated heterocycles. The van der Waals surface area contributed by atoms with E-state index in [1.54, 1.807) is 11.3 Å². The number of carbonyl (C=O) groups is 1. The maximum atomic E-state index is 11.6. The van der Waals surface area contributed by atoms with Crippen LogP contribution in [0.3, 0.4) is 0 Å². The molecule has 0 spiro atoms. The Morgan fingerprint density at radius 3 is 2.42 bits per heavy atom. The zero-order chi connectivity index (χ0) is 14.0. The molecule has 2 rings (SSSR count). The second kappa shape index (κ2) is 5.75. The van der Waals surface area contributed by atoms with Gasteiger partial charge in [-0.1, -0.05) is 17.7 Å². The fourth-order valence-electron chi connectivity index (χ4n) is 1.72. The minimum absolute atomic E-state index is 0.380. The molecular weight excluding hydrogens is 324 g/mol. The number of halogens is 1. The Balaban J connectivity index is 2.26. The minimum atomic E-state index is -0.502. The molecular formula is C14H15BrN2OS. The summed E-state index contributed by atoms with van der Waals surface area (Å²) in [6.45, 7) is 4.03. The van der Waals surface area contributed by atoms with Gasteiger partial charge in [0.05, 0.1) is 0 Å². The first-order chi connectivity index (χ1) is 8.97. The summed E-state index contributed by atoms with van der Waals surface area (Å²) in [5.74, 6) is -0.380. The lowest BCUT2D eigenvalue weighted by atomic mass is 10.2. The van der Waals surface area contributed by atoms with E-state index in [1.165, 1.54) is 5.56 Å². The van der Waals surface area contributed by atoms with E-state index in [2.05, 4.69) is 21.2 Å². The molecule has 0 aliphatic rings. The normalized spacial score (nSPS) is 12.2. The molecule has 0 fully saturated rings. The van der Waals surface area contributed by atoms with Crippen LogP contribution in [0.25, 0.3) is 0 Å². The van der Waals surface area contributed by atoms with Crippen molar-refractivity contribution in [1.29, 1.82) is 0 Å². The van der Waals surface area contributed by atoms with Gasteiger partial charge in [0.25, 0.3) is 0 Å². The molecule has 19 heavy (non-hydrogen) atoms. The molecule has 1 aromatic carbocycles. The zero-order valence-corrected chi connectivity index (χ0v) is 13.1. The fourth-order valence-corrected chi connectivity index (χ4v) is 3.34. The molecule has 3 nitrogen and oxygen atoms in total. The molecule has 2 aromatic rings. The van der Waals surface area contributed by atoms with Gasteiger partial charge in [0.1, 0.15) is 6.04 Å². The fraction of sp³-hybridized carbons (Fsp3) is 0.214. The molecule has 1 unspecified atom stereocenters. The largest absolute Gasteiger partial charge is 0.369 e. The Hall–Kier alpha value is -1.33. The number of nitrogens with one attached hydrogen (secondary N) is 1. The van der Waals surface area contributed by atoms with E-state index >= 15 is 0 Å². The molecule has 1 aromatic heterocycles. The van der Waals surface area contributed by atoms with Crippen molar-refractivity contribution in [1.82, 2.24) is 0 Å². The number of hydrogen-bond donors (Lipinski definition) is 2. The Morgan fingerprint density at radius 2 is 1.95 bits per heavy atom. The van der Waals surface area contributed by atoms with Gasteiger partial charge in [-0.25, -0.2) is 0 Å². The van der Waals surface area contributed by atoms with Gasteiger partial charge in [-0.05, 0) is 48.0 Å². The Labute approximate surface area is 125 Å². The third-order valence-corrected chi connectivity index (χ3v) is 5.01. The van der Waals surface area contributed by atoms with Gasteiger partial charge in [-0.3, -0.25) is 4.79 Å². The molecule has 0 aliphatic heterocycles. The summed E-state index contributed by atoms with van der Waals surface area (Å²) in [7, 11) is 0. The summed E-state index contributed by atoms with van der Waals surface area (Å²) in [5.41, 5.74) is 7.56. The molecule has 5 heteroatoms. The number of hydrogen-bond acceptors (Lipinski definition) is 3. The summed E-state index contributed by atoms with van der Waals surface area (Å²) in [5, 5.41) is 3.18. The maximum Gasteiger partial charge on any atom is 0.245 e. The molecule has 100 valence electrons. The molecule has 0 saturated carbocycles. The highest BCUT2D eigenvalue weighted by Crippen LogP contribution is 2.32. The minimum Gasteiger partial charge on any atom is -0.369 e. The van der Waals surface area contributed by atoms with Crippen molar-refractivity contribution in [3.8, 4) is 0 Å². The van der Waals surface area contributed by atoms with Gasteiger partial charge in [-0.15, -0.1) is 11.3 Å². The molecule has 0 bridgehead atoms.